The van der Waals surface area contributed by atoms with Crippen molar-refractivity contribution in [2.75, 3.05) is 13.1 Å². The minimum Gasteiger partial charge on any atom is -0.345 e. The van der Waals surface area contributed by atoms with E-state index in [9.17, 15) is 19.2 Å². The highest BCUT2D eigenvalue weighted by Crippen LogP contribution is 2.04. The second-order valence-corrected chi connectivity index (χ2v) is 5.62. The van der Waals surface area contributed by atoms with Gasteiger partial charge in [0.1, 0.15) is 12.6 Å². The normalized spacial score (nSPS) is 17.0. The van der Waals surface area contributed by atoms with E-state index in [4.69, 9.17) is 5.73 Å². The molecule has 8 nitrogen and oxygen atoms in total. The van der Waals surface area contributed by atoms with Crippen LogP contribution in [0.3, 0.4) is 0 Å². The predicted molar refractivity (Wildman–Crippen MR) is 85.5 cm³/mol. The van der Waals surface area contributed by atoms with E-state index in [1.807, 2.05) is 30.3 Å². The van der Waals surface area contributed by atoms with Crippen LogP contribution in [0.25, 0.3) is 0 Å². The van der Waals surface area contributed by atoms with Crippen molar-refractivity contribution in [3.63, 3.8) is 0 Å². The molecule has 0 aliphatic carbocycles. The van der Waals surface area contributed by atoms with Crippen molar-refractivity contribution in [1.29, 1.82) is 0 Å². The van der Waals surface area contributed by atoms with E-state index in [2.05, 4.69) is 10.6 Å². The highest BCUT2D eigenvalue weighted by molar-refractivity contribution is 6.05. The number of rotatable bonds is 5. The Morgan fingerprint density at radius 3 is 2.62 bits per heavy atom. The van der Waals surface area contributed by atoms with Crippen LogP contribution in [0.1, 0.15) is 12.5 Å². The summed E-state index contributed by atoms with van der Waals surface area (Å²) in [6.45, 7) is 0.891. The lowest BCUT2D eigenvalue weighted by molar-refractivity contribution is -0.152. The largest absolute Gasteiger partial charge is 0.345 e. The Morgan fingerprint density at radius 2 is 1.96 bits per heavy atom. The highest BCUT2D eigenvalue weighted by atomic mass is 16.2. The van der Waals surface area contributed by atoms with Crippen LogP contribution < -0.4 is 16.4 Å². The van der Waals surface area contributed by atoms with Crippen LogP contribution in [0.4, 0.5) is 0 Å². The predicted octanol–water partition coefficient (Wildman–Crippen LogP) is -1.45. The summed E-state index contributed by atoms with van der Waals surface area (Å²) in [5.41, 5.74) is 6.76. The first kappa shape index (κ1) is 17.6. The molecule has 1 saturated heterocycles. The van der Waals surface area contributed by atoms with Crippen molar-refractivity contribution < 1.29 is 19.2 Å². The quantitative estimate of drug-likeness (QED) is 0.609. The van der Waals surface area contributed by atoms with Gasteiger partial charge >= 0.3 is 0 Å². The van der Waals surface area contributed by atoms with Crippen molar-refractivity contribution in [2.45, 2.75) is 25.4 Å². The molecule has 0 aromatic heterocycles. The zero-order chi connectivity index (χ0) is 17.7. The van der Waals surface area contributed by atoms with Crippen molar-refractivity contribution in [1.82, 2.24) is 15.5 Å². The summed E-state index contributed by atoms with van der Waals surface area (Å²) in [5, 5.41) is 4.85. The third kappa shape index (κ3) is 4.39. The lowest BCUT2D eigenvalue weighted by Crippen LogP contribution is -2.59. The van der Waals surface area contributed by atoms with Gasteiger partial charge in [-0.25, -0.2) is 0 Å². The van der Waals surface area contributed by atoms with Gasteiger partial charge in [0, 0.05) is 0 Å². The van der Waals surface area contributed by atoms with Crippen LogP contribution in [0, 0.1) is 0 Å². The maximum Gasteiger partial charge on any atom is 0.251 e. The molecule has 1 aliphatic heterocycles. The summed E-state index contributed by atoms with van der Waals surface area (Å²) in [6, 6.07) is 7.50. The van der Waals surface area contributed by atoms with Gasteiger partial charge in [-0.05, 0) is 18.9 Å². The zero-order valence-electron chi connectivity index (χ0n) is 13.3. The van der Waals surface area contributed by atoms with Crippen LogP contribution in [-0.4, -0.2) is 53.7 Å². The Bertz CT molecular complexity index is 647. The van der Waals surface area contributed by atoms with E-state index in [-0.39, 0.29) is 13.1 Å². The second-order valence-electron chi connectivity index (χ2n) is 5.62. The average Bonchev–Trinajstić information content (AvgIpc) is 2.57. The van der Waals surface area contributed by atoms with Crippen LogP contribution >= 0.6 is 0 Å². The van der Waals surface area contributed by atoms with Crippen molar-refractivity contribution in [3.8, 4) is 0 Å². The van der Waals surface area contributed by atoms with Crippen LogP contribution in [-0.2, 0) is 25.6 Å². The molecule has 4 N–H and O–H groups in total. The fourth-order valence-corrected chi connectivity index (χ4v) is 2.33. The Labute approximate surface area is 139 Å². The van der Waals surface area contributed by atoms with Gasteiger partial charge in [-0.2, -0.15) is 0 Å². The zero-order valence-corrected chi connectivity index (χ0v) is 13.3. The van der Waals surface area contributed by atoms with Gasteiger partial charge in [-0.3, -0.25) is 24.1 Å². The molecule has 1 aromatic carbocycles. The van der Waals surface area contributed by atoms with Crippen LogP contribution in [0.5, 0.6) is 0 Å². The molecule has 128 valence electrons. The summed E-state index contributed by atoms with van der Waals surface area (Å²) in [6.07, 6.45) is 0.332. The van der Waals surface area contributed by atoms with Crippen molar-refractivity contribution in [3.05, 3.63) is 35.9 Å². The molecule has 2 rings (SSSR count). The lowest BCUT2D eigenvalue weighted by atomic mass is 10.1. The molecule has 1 heterocycles. The molecule has 1 aliphatic rings. The smallest absolute Gasteiger partial charge is 0.251 e. The molecule has 0 bridgehead atoms. The molecule has 0 radical (unpaired) electrons. The molecule has 0 spiro atoms. The fraction of sp³-hybridized carbons (Fsp3) is 0.375. The number of imide groups is 1. The number of benzene rings is 1. The monoisotopic (exact) mass is 332 g/mol. The molecule has 1 fully saturated rings. The van der Waals surface area contributed by atoms with Gasteiger partial charge in [0.2, 0.25) is 17.7 Å². The molecule has 0 saturated carbocycles. The van der Waals surface area contributed by atoms with Gasteiger partial charge in [0.15, 0.2) is 0 Å². The Balaban J connectivity index is 1.91. The van der Waals surface area contributed by atoms with Gasteiger partial charge < -0.3 is 16.4 Å². The minimum atomic E-state index is -0.950. The molecule has 24 heavy (non-hydrogen) atoms. The number of nitrogens with zero attached hydrogens (tertiary/aromatic N) is 1. The number of amides is 4. The second kappa shape index (κ2) is 7.69. The average molecular weight is 332 g/mol. The Morgan fingerprint density at radius 1 is 1.29 bits per heavy atom. The summed E-state index contributed by atoms with van der Waals surface area (Å²) >= 11 is 0. The van der Waals surface area contributed by atoms with Gasteiger partial charge in [0.05, 0.1) is 12.6 Å². The van der Waals surface area contributed by atoms with E-state index in [0.717, 1.165) is 10.5 Å². The number of nitrogens with two attached hydrogens (primary N) is 1. The van der Waals surface area contributed by atoms with Crippen LogP contribution in [0.2, 0.25) is 0 Å². The third-order valence-electron chi connectivity index (χ3n) is 3.67. The molecule has 1 unspecified atom stereocenters. The van der Waals surface area contributed by atoms with E-state index in [0.29, 0.717) is 6.42 Å². The summed E-state index contributed by atoms with van der Waals surface area (Å²) < 4.78 is 0. The number of hydrogen-bond donors (Lipinski definition) is 3. The maximum atomic E-state index is 12.2. The first-order valence-corrected chi connectivity index (χ1v) is 7.59. The highest BCUT2D eigenvalue weighted by Gasteiger charge is 2.32. The number of piperazine rings is 1. The lowest BCUT2D eigenvalue weighted by Gasteiger charge is -2.28. The first-order valence-electron chi connectivity index (χ1n) is 7.59. The summed E-state index contributed by atoms with van der Waals surface area (Å²) in [4.78, 5) is 48.2. The van der Waals surface area contributed by atoms with Gasteiger partial charge in [-0.15, -0.1) is 0 Å². The Hall–Kier alpha value is -2.74. The van der Waals surface area contributed by atoms with Crippen molar-refractivity contribution in [2.24, 2.45) is 5.73 Å². The summed E-state index contributed by atoms with van der Waals surface area (Å²) in [5.74, 6) is -2.04. The third-order valence-corrected chi connectivity index (χ3v) is 3.67. The minimum absolute atomic E-state index is 0.223. The number of carbonyl (C=O) groups is 4. The van der Waals surface area contributed by atoms with Gasteiger partial charge in [-0.1, -0.05) is 30.3 Å². The first-order chi connectivity index (χ1) is 11.4. The standard InChI is InChI=1S/C16H20N4O4/c1-10(16(24)20-9-13(21)18-8-14(20)22)19-15(23)12(17)7-11-5-3-2-4-6-11/h2-6,10,12H,7-9,17H2,1H3,(H,18,21)(H,19,23)/t10-,12?/m1/s1. The maximum absolute atomic E-state index is 12.2. The van der Waals surface area contributed by atoms with E-state index in [1.165, 1.54) is 6.92 Å². The van der Waals surface area contributed by atoms with Crippen molar-refractivity contribution >= 4 is 23.6 Å². The molecular weight excluding hydrogens is 312 g/mol. The molecule has 2 atom stereocenters. The number of nitrogens with one attached hydrogen (secondary N) is 2. The number of carbonyl (C=O) groups excluding carboxylic acids is 4. The fourth-order valence-electron chi connectivity index (χ4n) is 2.33. The van der Waals surface area contributed by atoms with E-state index < -0.39 is 35.7 Å². The topological polar surface area (TPSA) is 122 Å². The molecular formula is C16H20N4O4. The number of hydrogen-bond acceptors (Lipinski definition) is 5. The van der Waals surface area contributed by atoms with Crippen LogP contribution in [0.15, 0.2) is 30.3 Å². The van der Waals surface area contributed by atoms with Gasteiger partial charge in [0.25, 0.3) is 5.91 Å². The summed E-state index contributed by atoms with van der Waals surface area (Å²) in [7, 11) is 0. The van der Waals surface area contributed by atoms with E-state index in [1.54, 1.807) is 0 Å². The SMILES string of the molecule is C[C@@H](NC(=O)C(N)Cc1ccccc1)C(=O)N1CC(=O)NCC1=O. The molecule has 1 aromatic rings. The Kier molecular flexibility index (Phi) is 5.64. The molecule has 8 heteroatoms. The molecule has 4 amide bonds. The van der Waals surface area contributed by atoms with E-state index >= 15 is 0 Å².